The van der Waals surface area contributed by atoms with E-state index in [9.17, 15) is 4.79 Å². The maximum Gasteiger partial charge on any atom is 0.338 e. The molecule has 3 heterocycles. The van der Waals surface area contributed by atoms with Gasteiger partial charge in [-0.15, -0.1) is 0 Å². The zero-order chi connectivity index (χ0) is 30.3. The number of rotatable bonds is 9. The van der Waals surface area contributed by atoms with E-state index < -0.39 is 0 Å². The molecule has 1 aliphatic carbocycles. The van der Waals surface area contributed by atoms with Gasteiger partial charge >= 0.3 is 5.97 Å². The fourth-order valence-corrected chi connectivity index (χ4v) is 5.50. The van der Waals surface area contributed by atoms with E-state index >= 15 is 0 Å². The van der Waals surface area contributed by atoms with Crippen molar-refractivity contribution >= 4 is 11.7 Å². The molecule has 0 amide bonds. The Labute approximate surface area is 254 Å². The monoisotopic (exact) mass is 589 g/mol. The normalized spacial score (nSPS) is 17.4. The van der Waals surface area contributed by atoms with E-state index in [0.717, 1.165) is 35.4 Å². The van der Waals surface area contributed by atoms with E-state index in [4.69, 9.17) is 18.7 Å². The smallest absolute Gasteiger partial charge is 0.338 e. The molecule has 2 aliphatic rings. The van der Waals surface area contributed by atoms with E-state index in [1.807, 2.05) is 42.5 Å². The molecule has 0 spiro atoms. The quantitative estimate of drug-likeness (QED) is 0.187. The van der Waals surface area contributed by atoms with Crippen molar-refractivity contribution in [2.75, 3.05) is 5.32 Å². The average Bonchev–Trinajstić information content (AvgIpc) is 3.62. The summed E-state index contributed by atoms with van der Waals surface area (Å²) in [7, 11) is 0. The maximum absolute atomic E-state index is 11.7. The second kappa shape index (κ2) is 11.1. The fourth-order valence-electron chi connectivity index (χ4n) is 5.50. The third kappa shape index (κ3) is 5.58. The van der Waals surface area contributed by atoms with Gasteiger partial charge in [0.15, 0.2) is 5.75 Å². The SMILES string of the molecule is Cc1nc(-c2ncc(Oc3ccc(C(C)(C)c4ccc(OC5CC(Nc6ccc7c(c6)COC7=O)C5)cc4)cc3)cn2)no1. The molecule has 5 aromatic rings. The molecule has 0 unspecified atom stereocenters. The number of cyclic esters (lactones) is 1. The van der Waals surface area contributed by atoms with E-state index in [1.54, 1.807) is 19.3 Å². The number of hydrogen-bond acceptors (Lipinski definition) is 10. The Bertz CT molecular complexity index is 1790. The summed E-state index contributed by atoms with van der Waals surface area (Å²) >= 11 is 0. The van der Waals surface area contributed by atoms with Gasteiger partial charge in [-0.25, -0.2) is 14.8 Å². The van der Waals surface area contributed by atoms with Crippen LogP contribution in [-0.4, -0.2) is 38.2 Å². The van der Waals surface area contributed by atoms with Gasteiger partial charge in [-0.1, -0.05) is 43.3 Å². The molecule has 1 aliphatic heterocycles. The van der Waals surface area contributed by atoms with E-state index in [1.165, 1.54) is 5.56 Å². The van der Waals surface area contributed by atoms with Gasteiger partial charge in [0.05, 0.1) is 18.0 Å². The van der Waals surface area contributed by atoms with Crippen molar-refractivity contribution in [2.45, 2.75) is 57.8 Å². The number of esters is 1. The van der Waals surface area contributed by atoms with Crippen molar-refractivity contribution in [1.82, 2.24) is 20.1 Å². The van der Waals surface area contributed by atoms with Crippen LogP contribution in [0.2, 0.25) is 0 Å². The van der Waals surface area contributed by atoms with Crippen LogP contribution in [0.3, 0.4) is 0 Å². The van der Waals surface area contributed by atoms with E-state index in [0.29, 0.717) is 47.3 Å². The van der Waals surface area contributed by atoms with Crippen LogP contribution in [0.4, 0.5) is 5.69 Å². The van der Waals surface area contributed by atoms with E-state index in [2.05, 4.69) is 63.5 Å². The van der Waals surface area contributed by atoms with Gasteiger partial charge in [0.25, 0.3) is 0 Å². The lowest BCUT2D eigenvalue weighted by atomic mass is 9.78. The minimum absolute atomic E-state index is 0.169. The Hall–Kier alpha value is -5.25. The molecule has 1 fully saturated rings. The number of aromatic nitrogens is 4. The molecule has 0 bridgehead atoms. The number of carbonyl (C=O) groups excluding carboxylic acids is 1. The average molecular weight is 590 g/mol. The van der Waals surface area contributed by atoms with Gasteiger partial charge in [0, 0.05) is 42.5 Å². The molecule has 3 aromatic carbocycles. The van der Waals surface area contributed by atoms with Gasteiger partial charge < -0.3 is 24.1 Å². The van der Waals surface area contributed by atoms with Gasteiger partial charge in [-0.05, 0) is 53.6 Å². The first kappa shape index (κ1) is 27.6. The Morgan fingerprint density at radius 3 is 2.20 bits per heavy atom. The summed E-state index contributed by atoms with van der Waals surface area (Å²) in [6.07, 6.45) is 5.18. The molecule has 7 rings (SSSR count). The minimum atomic E-state index is -0.242. The summed E-state index contributed by atoms with van der Waals surface area (Å²) in [5.41, 5.74) is 4.74. The largest absolute Gasteiger partial charge is 0.490 e. The third-order valence-corrected chi connectivity index (χ3v) is 8.20. The molecule has 2 aromatic heterocycles. The van der Waals surface area contributed by atoms with Crippen molar-refractivity contribution < 1.29 is 23.5 Å². The molecule has 44 heavy (non-hydrogen) atoms. The molecule has 0 saturated heterocycles. The molecular formula is C34H31N5O5. The predicted molar refractivity (Wildman–Crippen MR) is 162 cm³/mol. The number of ether oxygens (including phenoxy) is 3. The van der Waals surface area contributed by atoms with Crippen LogP contribution in [0.1, 0.15) is 59.6 Å². The van der Waals surface area contributed by atoms with Crippen LogP contribution >= 0.6 is 0 Å². The summed E-state index contributed by atoms with van der Waals surface area (Å²) in [4.78, 5) is 24.4. The summed E-state index contributed by atoms with van der Waals surface area (Å²) in [6.45, 7) is 6.47. The Morgan fingerprint density at radius 1 is 0.864 bits per heavy atom. The van der Waals surface area contributed by atoms with Gasteiger partial charge in [0.1, 0.15) is 24.2 Å². The van der Waals surface area contributed by atoms with Crippen LogP contribution in [0, 0.1) is 6.92 Å². The first-order valence-electron chi connectivity index (χ1n) is 14.5. The Kier molecular flexibility index (Phi) is 6.96. The molecule has 10 heteroatoms. The zero-order valence-corrected chi connectivity index (χ0v) is 24.6. The molecule has 0 radical (unpaired) electrons. The van der Waals surface area contributed by atoms with Crippen molar-refractivity contribution in [1.29, 1.82) is 0 Å². The number of hydrogen-bond donors (Lipinski definition) is 1. The third-order valence-electron chi connectivity index (χ3n) is 8.20. The van der Waals surface area contributed by atoms with E-state index in [-0.39, 0.29) is 17.5 Å². The number of aryl methyl sites for hydroxylation is 1. The highest BCUT2D eigenvalue weighted by atomic mass is 16.5. The number of benzene rings is 3. The fraction of sp³-hybridized carbons (Fsp3) is 0.265. The summed E-state index contributed by atoms with van der Waals surface area (Å²) in [5.74, 6) is 3.00. The highest BCUT2D eigenvalue weighted by Gasteiger charge is 2.32. The maximum atomic E-state index is 11.7. The number of nitrogens with one attached hydrogen (secondary N) is 1. The second-order valence-electron chi connectivity index (χ2n) is 11.7. The summed E-state index contributed by atoms with van der Waals surface area (Å²) < 4.78 is 22.3. The highest BCUT2D eigenvalue weighted by Crippen LogP contribution is 2.35. The Morgan fingerprint density at radius 2 is 1.55 bits per heavy atom. The van der Waals surface area contributed by atoms with Crippen LogP contribution in [0.25, 0.3) is 11.6 Å². The van der Waals surface area contributed by atoms with Crippen LogP contribution in [-0.2, 0) is 16.8 Å². The van der Waals surface area contributed by atoms with Gasteiger partial charge in [0.2, 0.25) is 17.5 Å². The second-order valence-corrected chi connectivity index (χ2v) is 11.7. The number of nitrogens with zero attached hydrogens (tertiary/aromatic N) is 4. The van der Waals surface area contributed by atoms with Crippen molar-refractivity contribution in [3.8, 4) is 28.9 Å². The Balaban J connectivity index is 0.918. The lowest BCUT2D eigenvalue weighted by Crippen LogP contribution is -2.42. The molecule has 0 atom stereocenters. The van der Waals surface area contributed by atoms with Gasteiger partial charge in [-0.3, -0.25) is 0 Å². The lowest BCUT2D eigenvalue weighted by Gasteiger charge is -2.36. The lowest BCUT2D eigenvalue weighted by molar-refractivity contribution is 0.0535. The van der Waals surface area contributed by atoms with Crippen molar-refractivity contribution in [3.05, 3.63) is 107 Å². The minimum Gasteiger partial charge on any atom is -0.490 e. The molecule has 10 nitrogen and oxygen atoms in total. The van der Waals surface area contributed by atoms with Crippen LogP contribution < -0.4 is 14.8 Å². The number of carbonyl (C=O) groups is 1. The molecule has 222 valence electrons. The standard InChI is InChI=1S/C34H31N5O5/c1-20-37-32(39-44-20)31-35-17-29(18-36-31)43-27-11-6-23(7-12-27)34(2,3)22-4-9-26(10-5-22)42-28-15-25(16-28)38-24-8-13-30-21(14-24)19-41-33(30)40/h4-14,17-18,25,28,38H,15-16,19H2,1-3H3. The molecular weight excluding hydrogens is 558 g/mol. The molecule has 1 N–H and O–H groups in total. The molecule has 1 saturated carbocycles. The topological polar surface area (TPSA) is 121 Å². The zero-order valence-electron chi connectivity index (χ0n) is 24.6. The van der Waals surface area contributed by atoms with Crippen LogP contribution in [0.15, 0.2) is 83.6 Å². The highest BCUT2D eigenvalue weighted by molar-refractivity contribution is 5.93. The van der Waals surface area contributed by atoms with Gasteiger partial charge in [-0.2, -0.15) is 4.98 Å². The summed E-state index contributed by atoms with van der Waals surface area (Å²) in [5, 5.41) is 7.38. The van der Waals surface area contributed by atoms with Crippen molar-refractivity contribution in [3.63, 3.8) is 0 Å². The number of anilines is 1. The van der Waals surface area contributed by atoms with Crippen LogP contribution in [0.5, 0.6) is 17.2 Å². The first-order valence-corrected chi connectivity index (χ1v) is 14.5. The first-order chi connectivity index (χ1) is 21.3. The van der Waals surface area contributed by atoms with Crippen molar-refractivity contribution in [2.24, 2.45) is 0 Å². The predicted octanol–water partition coefficient (Wildman–Crippen LogP) is 6.65. The number of fused-ring (bicyclic) bond motifs is 1. The summed E-state index contributed by atoms with van der Waals surface area (Å²) in [6, 6.07) is 22.5.